The van der Waals surface area contributed by atoms with Crippen molar-refractivity contribution in [2.24, 2.45) is 4.99 Å². The molecule has 0 unspecified atom stereocenters. The van der Waals surface area contributed by atoms with E-state index in [1.807, 2.05) is 85.8 Å². The lowest BCUT2D eigenvalue weighted by molar-refractivity contribution is -0.118. The van der Waals surface area contributed by atoms with Crippen molar-refractivity contribution in [2.45, 2.75) is 6.92 Å². The molecule has 4 heteroatoms. The van der Waals surface area contributed by atoms with Crippen molar-refractivity contribution in [3.63, 3.8) is 0 Å². The summed E-state index contributed by atoms with van der Waals surface area (Å²) < 4.78 is 5.69. The number of nitrogens with one attached hydrogen (secondary N) is 1. The molecule has 0 aliphatic heterocycles. The normalized spacial score (nSPS) is 10.7. The lowest BCUT2D eigenvalue weighted by Gasteiger charge is -2.09. The first kappa shape index (κ1) is 17.4. The highest BCUT2D eigenvalue weighted by atomic mass is 16.5. The van der Waals surface area contributed by atoms with Crippen LogP contribution in [0.2, 0.25) is 0 Å². The quantitative estimate of drug-likeness (QED) is 0.655. The Kier molecular flexibility index (Phi) is 5.78. The fourth-order valence-corrected chi connectivity index (χ4v) is 2.43. The van der Waals surface area contributed by atoms with E-state index in [4.69, 9.17) is 4.74 Å². The molecule has 0 aliphatic rings. The largest absolute Gasteiger partial charge is 0.483 e. The van der Waals surface area contributed by atoms with Gasteiger partial charge in [0, 0.05) is 17.5 Å². The van der Waals surface area contributed by atoms with Gasteiger partial charge in [0.1, 0.15) is 5.75 Å². The van der Waals surface area contributed by atoms with E-state index in [-0.39, 0.29) is 12.5 Å². The number of para-hydroxylation sites is 3. The zero-order chi connectivity index (χ0) is 18.2. The number of carbonyl (C=O) groups is 1. The molecule has 0 heterocycles. The molecular weight excluding hydrogens is 324 g/mol. The molecule has 0 radical (unpaired) electrons. The first-order valence-electron chi connectivity index (χ1n) is 8.39. The van der Waals surface area contributed by atoms with Gasteiger partial charge in [-0.1, -0.05) is 48.5 Å². The van der Waals surface area contributed by atoms with Crippen molar-refractivity contribution in [3.05, 3.63) is 90.0 Å². The number of benzene rings is 3. The van der Waals surface area contributed by atoms with E-state index in [1.165, 1.54) is 0 Å². The van der Waals surface area contributed by atoms with Gasteiger partial charge in [-0.3, -0.25) is 9.79 Å². The average molecular weight is 344 g/mol. The van der Waals surface area contributed by atoms with Crippen LogP contribution < -0.4 is 10.1 Å². The van der Waals surface area contributed by atoms with E-state index in [2.05, 4.69) is 10.3 Å². The van der Waals surface area contributed by atoms with Gasteiger partial charge in [0.05, 0.1) is 5.69 Å². The number of nitrogens with zero attached hydrogens (tertiary/aromatic N) is 1. The van der Waals surface area contributed by atoms with Gasteiger partial charge in [-0.15, -0.1) is 0 Å². The number of hydrogen-bond donors (Lipinski definition) is 1. The third-order valence-electron chi connectivity index (χ3n) is 3.79. The molecule has 3 aromatic rings. The monoisotopic (exact) mass is 344 g/mol. The van der Waals surface area contributed by atoms with Crippen molar-refractivity contribution in [3.8, 4) is 5.75 Å². The molecule has 3 aromatic carbocycles. The minimum atomic E-state index is -0.207. The van der Waals surface area contributed by atoms with E-state index >= 15 is 0 Å². The fraction of sp³-hybridized carbons (Fsp3) is 0.0909. The minimum absolute atomic E-state index is 0.0654. The number of aryl methyl sites for hydroxylation is 1. The Balaban J connectivity index is 1.66. The zero-order valence-electron chi connectivity index (χ0n) is 14.6. The summed E-state index contributed by atoms with van der Waals surface area (Å²) in [5.74, 6) is 0.412. The lowest BCUT2D eigenvalue weighted by Crippen LogP contribution is -2.20. The molecule has 26 heavy (non-hydrogen) atoms. The molecule has 0 spiro atoms. The number of hydrogen-bond acceptors (Lipinski definition) is 3. The maximum absolute atomic E-state index is 12.1. The first-order valence-corrected chi connectivity index (χ1v) is 8.39. The molecule has 0 fully saturated rings. The number of aliphatic imine (C=N–C) groups is 1. The van der Waals surface area contributed by atoms with Gasteiger partial charge in [-0.25, -0.2) is 0 Å². The summed E-state index contributed by atoms with van der Waals surface area (Å²) in [5.41, 5.74) is 3.58. The number of anilines is 1. The van der Waals surface area contributed by atoms with Crippen molar-refractivity contribution in [1.29, 1.82) is 0 Å². The van der Waals surface area contributed by atoms with Crippen LogP contribution in [0, 0.1) is 6.92 Å². The van der Waals surface area contributed by atoms with Gasteiger partial charge >= 0.3 is 0 Å². The van der Waals surface area contributed by atoms with Crippen LogP contribution in [0.15, 0.2) is 83.9 Å². The van der Waals surface area contributed by atoms with E-state index in [0.29, 0.717) is 5.75 Å². The van der Waals surface area contributed by atoms with E-state index < -0.39 is 0 Å². The topological polar surface area (TPSA) is 50.7 Å². The zero-order valence-corrected chi connectivity index (χ0v) is 14.6. The van der Waals surface area contributed by atoms with Crippen LogP contribution in [-0.2, 0) is 4.79 Å². The van der Waals surface area contributed by atoms with Crippen LogP contribution in [0.4, 0.5) is 11.4 Å². The summed E-state index contributed by atoms with van der Waals surface area (Å²) in [7, 11) is 0. The van der Waals surface area contributed by atoms with Crippen LogP contribution >= 0.6 is 0 Å². The summed E-state index contributed by atoms with van der Waals surface area (Å²) in [6, 6.07) is 24.7. The van der Waals surface area contributed by atoms with E-state index in [1.54, 1.807) is 6.21 Å². The molecule has 0 aromatic heterocycles. The predicted octanol–water partition coefficient (Wildman–Crippen LogP) is 4.76. The number of rotatable bonds is 6. The van der Waals surface area contributed by atoms with E-state index in [9.17, 15) is 4.79 Å². The van der Waals surface area contributed by atoms with Gasteiger partial charge < -0.3 is 10.1 Å². The van der Waals surface area contributed by atoms with Crippen LogP contribution in [0.3, 0.4) is 0 Å². The van der Waals surface area contributed by atoms with Crippen molar-refractivity contribution < 1.29 is 9.53 Å². The summed E-state index contributed by atoms with van der Waals surface area (Å²) in [6.45, 7) is 1.95. The van der Waals surface area contributed by atoms with Gasteiger partial charge in [0.25, 0.3) is 5.91 Å². The smallest absolute Gasteiger partial charge is 0.262 e. The van der Waals surface area contributed by atoms with Crippen LogP contribution in [0.25, 0.3) is 0 Å². The van der Waals surface area contributed by atoms with E-state index in [0.717, 1.165) is 22.5 Å². The first-order chi connectivity index (χ1) is 12.7. The lowest BCUT2D eigenvalue weighted by atomic mass is 10.2. The predicted molar refractivity (Wildman–Crippen MR) is 105 cm³/mol. The van der Waals surface area contributed by atoms with Crippen LogP contribution in [-0.4, -0.2) is 18.7 Å². The molecule has 0 atom stereocenters. The Morgan fingerprint density at radius 2 is 1.65 bits per heavy atom. The van der Waals surface area contributed by atoms with Gasteiger partial charge in [0.15, 0.2) is 6.61 Å². The summed E-state index contributed by atoms with van der Waals surface area (Å²) in [5, 5.41) is 2.80. The third-order valence-corrected chi connectivity index (χ3v) is 3.79. The molecule has 0 saturated carbocycles. The highest BCUT2D eigenvalue weighted by Crippen LogP contribution is 2.20. The summed E-state index contributed by atoms with van der Waals surface area (Å²) in [4.78, 5) is 16.6. The number of carbonyl (C=O) groups excluding carboxylic acids is 1. The molecule has 3 rings (SSSR count). The van der Waals surface area contributed by atoms with Gasteiger partial charge in [-0.05, 0) is 42.8 Å². The molecular formula is C22H20N2O2. The number of ether oxygens (including phenoxy) is 1. The number of amides is 1. The molecule has 1 amide bonds. The molecule has 0 aliphatic carbocycles. The highest BCUT2D eigenvalue weighted by Gasteiger charge is 2.06. The molecule has 4 nitrogen and oxygen atoms in total. The maximum atomic E-state index is 12.1. The average Bonchev–Trinajstić information content (AvgIpc) is 2.67. The van der Waals surface area contributed by atoms with Crippen LogP contribution in [0.5, 0.6) is 5.75 Å². The van der Waals surface area contributed by atoms with Crippen molar-refractivity contribution in [2.75, 3.05) is 11.9 Å². The Labute approximate surface area is 153 Å². The minimum Gasteiger partial charge on any atom is -0.483 e. The standard InChI is InChI=1S/C22H20N2O2/c1-17-9-5-7-13-20(17)23-15-18-10-6-8-14-21(18)26-16-22(25)24-19-11-3-2-4-12-19/h2-15H,16H2,1H3,(H,24,25). The second kappa shape index (κ2) is 8.62. The highest BCUT2D eigenvalue weighted by molar-refractivity contribution is 5.92. The fourth-order valence-electron chi connectivity index (χ4n) is 2.43. The van der Waals surface area contributed by atoms with Crippen molar-refractivity contribution >= 4 is 23.5 Å². The van der Waals surface area contributed by atoms with Gasteiger partial charge in [-0.2, -0.15) is 0 Å². The molecule has 1 N–H and O–H groups in total. The molecule has 0 saturated heterocycles. The SMILES string of the molecule is Cc1ccccc1N=Cc1ccccc1OCC(=O)Nc1ccccc1. The second-order valence-electron chi connectivity index (χ2n) is 5.79. The summed E-state index contributed by atoms with van der Waals surface area (Å²) in [6.07, 6.45) is 1.76. The summed E-state index contributed by atoms with van der Waals surface area (Å²) >= 11 is 0. The van der Waals surface area contributed by atoms with Crippen molar-refractivity contribution in [1.82, 2.24) is 0 Å². The Bertz CT molecular complexity index is 905. The van der Waals surface area contributed by atoms with Crippen LogP contribution in [0.1, 0.15) is 11.1 Å². The Hall–Kier alpha value is -3.40. The molecule has 130 valence electrons. The van der Waals surface area contributed by atoms with Gasteiger partial charge in [0.2, 0.25) is 0 Å². The Morgan fingerprint density at radius 3 is 2.46 bits per heavy atom. The second-order valence-corrected chi connectivity index (χ2v) is 5.79. The Morgan fingerprint density at radius 1 is 0.962 bits per heavy atom. The third kappa shape index (κ3) is 4.80. The maximum Gasteiger partial charge on any atom is 0.262 e. The molecule has 0 bridgehead atoms.